The molecule has 5 aromatic rings. The second-order valence-corrected chi connectivity index (χ2v) is 17.0. The number of nitrogens with one attached hydrogen (secondary N) is 1. The lowest BCUT2D eigenvalue weighted by atomic mass is 9.98. The number of pyridine rings is 3. The van der Waals surface area contributed by atoms with Crippen LogP contribution in [0.2, 0.25) is 0 Å². The molecule has 8 rings (SSSR count). The van der Waals surface area contributed by atoms with E-state index in [1.807, 2.05) is 25.3 Å². The number of benzene rings is 1. The lowest BCUT2D eigenvalue weighted by Gasteiger charge is -2.36. The Morgan fingerprint density at radius 2 is 1.61 bits per heavy atom. The van der Waals surface area contributed by atoms with Crippen molar-refractivity contribution < 1.29 is 19.2 Å². The van der Waals surface area contributed by atoms with Crippen LogP contribution in [0.3, 0.4) is 0 Å². The number of aryl methyl sites for hydroxylation is 1. The zero-order chi connectivity index (χ0) is 42.6. The van der Waals surface area contributed by atoms with Gasteiger partial charge in [0.1, 0.15) is 23.3 Å². The molecule has 1 N–H and O–H groups in total. The van der Waals surface area contributed by atoms with Crippen LogP contribution in [-0.4, -0.2) is 85.1 Å². The van der Waals surface area contributed by atoms with Crippen LogP contribution in [0.25, 0.3) is 21.8 Å². The minimum Gasteiger partial charge on any atom is -0.368 e. The standard InChI is InChI=1S/C47H54N8O6/c1-30-39-29-49-41(50-44(39)55(34-11-6-7-12-34)47(61)43(30)31(2)56)27-33-15-16-35(28-48-33)53-24-22-52(23-25-53)20-8-4-3-5-13-36(57)26-32-10-9-14-38-37(32)19-21-54(46(38)60)40-17-18-42(58)51-45(40)59/h9-10,14-16,19,21,28-29,34,40H,3-8,11-13,17-18,20,22-27H2,1-2H3,(H,51,58,59). The number of rotatable bonds is 15. The second kappa shape index (κ2) is 18.4. The quantitative estimate of drug-likeness (QED) is 0.0795. The van der Waals surface area contributed by atoms with E-state index >= 15 is 0 Å². The average Bonchev–Trinajstić information content (AvgIpc) is 3.78. The molecule has 61 heavy (non-hydrogen) atoms. The van der Waals surface area contributed by atoms with Crippen molar-refractivity contribution in [2.45, 2.75) is 109 Å². The van der Waals surface area contributed by atoms with Gasteiger partial charge < -0.3 is 9.47 Å². The van der Waals surface area contributed by atoms with Crippen LogP contribution >= 0.6 is 0 Å². The maximum atomic E-state index is 13.6. The fourth-order valence-electron chi connectivity index (χ4n) is 9.49. The first-order valence-electron chi connectivity index (χ1n) is 21.9. The molecule has 1 aromatic carbocycles. The van der Waals surface area contributed by atoms with E-state index in [4.69, 9.17) is 9.97 Å². The molecular formula is C47H54N8O6. The third-order valence-electron chi connectivity index (χ3n) is 12.9. The predicted octanol–water partition coefficient (Wildman–Crippen LogP) is 5.58. The summed E-state index contributed by atoms with van der Waals surface area (Å²) < 4.78 is 3.15. The van der Waals surface area contributed by atoms with Crippen LogP contribution in [0.5, 0.6) is 0 Å². The smallest absolute Gasteiger partial charge is 0.263 e. The number of carbonyl (C=O) groups is 4. The van der Waals surface area contributed by atoms with E-state index in [9.17, 15) is 28.8 Å². The van der Waals surface area contributed by atoms with Gasteiger partial charge in [-0.05, 0) is 93.3 Å². The van der Waals surface area contributed by atoms with Crippen molar-refractivity contribution in [1.82, 2.24) is 34.3 Å². The van der Waals surface area contributed by atoms with Gasteiger partial charge in [-0.1, -0.05) is 37.8 Å². The van der Waals surface area contributed by atoms with Gasteiger partial charge in [0.05, 0.1) is 23.9 Å². The van der Waals surface area contributed by atoms with E-state index in [1.165, 1.54) is 11.5 Å². The highest BCUT2D eigenvalue weighted by Crippen LogP contribution is 2.32. The van der Waals surface area contributed by atoms with Crippen molar-refractivity contribution >= 4 is 50.9 Å². The number of piperazine rings is 1. The minimum absolute atomic E-state index is 0.0373. The molecule has 0 radical (unpaired) electrons. The maximum Gasteiger partial charge on any atom is 0.263 e. The van der Waals surface area contributed by atoms with Gasteiger partial charge >= 0.3 is 0 Å². The molecule has 3 aliphatic rings. The molecular weight excluding hydrogens is 773 g/mol. The summed E-state index contributed by atoms with van der Waals surface area (Å²) in [6.07, 6.45) is 14.8. The van der Waals surface area contributed by atoms with Crippen molar-refractivity contribution in [3.05, 3.63) is 104 Å². The number of carbonyl (C=O) groups excluding carboxylic acids is 4. The summed E-state index contributed by atoms with van der Waals surface area (Å²) in [6.45, 7) is 8.08. The van der Waals surface area contributed by atoms with Crippen LogP contribution in [0.4, 0.5) is 5.69 Å². The number of hydrogen-bond acceptors (Lipinski definition) is 11. The molecule has 1 unspecified atom stereocenters. The zero-order valence-corrected chi connectivity index (χ0v) is 35.2. The van der Waals surface area contributed by atoms with E-state index in [-0.39, 0.29) is 59.5 Å². The van der Waals surface area contributed by atoms with E-state index in [0.717, 1.165) is 112 Å². The minimum atomic E-state index is -0.723. The van der Waals surface area contributed by atoms with Gasteiger partial charge in [0.25, 0.3) is 11.1 Å². The van der Waals surface area contributed by atoms with Crippen molar-refractivity contribution in [1.29, 1.82) is 0 Å². The van der Waals surface area contributed by atoms with Gasteiger partial charge in [-0.3, -0.25) is 48.5 Å². The number of ketones is 2. The summed E-state index contributed by atoms with van der Waals surface area (Å²) in [5, 5.41) is 4.25. The number of hydrogen-bond donors (Lipinski definition) is 1. The second-order valence-electron chi connectivity index (χ2n) is 17.0. The lowest BCUT2D eigenvalue weighted by molar-refractivity contribution is -0.135. The Hall–Kier alpha value is -5.89. The molecule has 14 heteroatoms. The van der Waals surface area contributed by atoms with Gasteiger partial charge in [0.2, 0.25) is 11.8 Å². The monoisotopic (exact) mass is 826 g/mol. The molecule has 0 bridgehead atoms. The predicted molar refractivity (Wildman–Crippen MR) is 233 cm³/mol. The van der Waals surface area contributed by atoms with Crippen LogP contribution in [-0.2, 0) is 27.2 Å². The Morgan fingerprint density at radius 1 is 0.820 bits per heavy atom. The first-order valence-corrected chi connectivity index (χ1v) is 21.9. The van der Waals surface area contributed by atoms with Gasteiger partial charge in [0.15, 0.2) is 5.78 Å². The molecule has 2 aliphatic heterocycles. The molecule has 1 atom stereocenters. The van der Waals surface area contributed by atoms with Crippen molar-refractivity contribution in [2.24, 2.45) is 0 Å². The summed E-state index contributed by atoms with van der Waals surface area (Å²) in [4.78, 5) is 95.5. The van der Waals surface area contributed by atoms with E-state index in [0.29, 0.717) is 35.3 Å². The number of anilines is 1. The number of nitrogens with zero attached hydrogens (tertiary/aromatic N) is 7. The fourth-order valence-corrected chi connectivity index (χ4v) is 9.49. The van der Waals surface area contributed by atoms with Crippen molar-refractivity contribution in [3.8, 4) is 0 Å². The first kappa shape index (κ1) is 41.8. The van der Waals surface area contributed by atoms with Crippen LogP contribution < -0.4 is 21.3 Å². The highest BCUT2D eigenvalue weighted by atomic mass is 16.2. The molecule has 318 valence electrons. The van der Waals surface area contributed by atoms with Crippen LogP contribution in [0.15, 0.2) is 64.6 Å². The van der Waals surface area contributed by atoms with E-state index in [2.05, 4.69) is 26.2 Å². The van der Waals surface area contributed by atoms with Crippen molar-refractivity contribution in [3.63, 3.8) is 0 Å². The molecule has 0 spiro atoms. The van der Waals surface area contributed by atoms with Crippen molar-refractivity contribution in [2.75, 3.05) is 37.6 Å². The van der Waals surface area contributed by atoms with Gasteiger partial charge in [-0.25, -0.2) is 9.97 Å². The number of piperidine rings is 1. The topological polar surface area (TPSA) is 169 Å². The average molecular weight is 827 g/mol. The van der Waals surface area contributed by atoms with Crippen LogP contribution in [0, 0.1) is 6.92 Å². The summed E-state index contributed by atoms with van der Waals surface area (Å²) in [6, 6.07) is 10.6. The molecule has 2 saturated heterocycles. The third kappa shape index (κ3) is 9.09. The Morgan fingerprint density at radius 3 is 2.34 bits per heavy atom. The summed E-state index contributed by atoms with van der Waals surface area (Å²) in [5.74, 6) is -0.277. The largest absolute Gasteiger partial charge is 0.368 e. The van der Waals surface area contributed by atoms with Crippen LogP contribution in [0.1, 0.15) is 123 Å². The van der Waals surface area contributed by atoms with E-state index < -0.39 is 11.9 Å². The number of imide groups is 1. The maximum absolute atomic E-state index is 13.6. The zero-order valence-electron chi connectivity index (χ0n) is 35.2. The molecule has 1 aliphatic carbocycles. The molecule has 3 fully saturated rings. The summed E-state index contributed by atoms with van der Waals surface area (Å²) in [5.41, 5.74) is 3.69. The number of unbranched alkanes of at least 4 members (excludes halogenated alkanes) is 3. The van der Waals surface area contributed by atoms with Gasteiger partial charge in [-0.2, -0.15) is 0 Å². The Balaban J connectivity index is 0.770. The number of aromatic nitrogens is 5. The third-order valence-corrected chi connectivity index (χ3v) is 12.9. The number of fused-ring (bicyclic) bond motifs is 2. The SMILES string of the molecule is CC(=O)c1c(C)c2cnc(Cc3ccc(N4CCN(CCCCCCC(=O)Cc5cccc6c(=O)n(C7CCC(=O)NC7=O)ccc56)CC4)cn3)nc2n(C2CCCC2)c1=O. The molecule has 4 aromatic heterocycles. The molecule has 1 saturated carbocycles. The Labute approximate surface area is 354 Å². The Bertz CT molecular complexity index is 2600. The highest BCUT2D eigenvalue weighted by molar-refractivity contribution is 6.00. The molecule has 14 nitrogen and oxygen atoms in total. The first-order chi connectivity index (χ1) is 29.5. The molecule has 6 heterocycles. The summed E-state index contributed by atoms with van der Waals surface area (Å²) >= 11 is 0. The normalized spacial score (nSPS) is 17.7. The van der Waals surface area contributed by atoms with Gasteiger partial charge in [0, 0.05) is 80.3 Å². The summed E-state index contributed by atoms with van der Waals surface area (Å²) in [7, 11) is 0. The Kier molecular flexibility index (Phi) is 12.6. The highest BCUT2D eigenvalue weighted by Gasteiger charge is 2.29. The van der Waals surface area contributed by atoms with Gasteiger partial charge in [-0.15, -0.1) is 0 Å². The van der Waals surface area contributed by atoms with E-state index in [1.54, 1.807) is 35.2 Å². The molecule has 2 amide bonds. The lowest BCUT2D eigenvalue weighted by Crippen LogP contribution is -2.46. The number of amides is 2. The number of Topliss-reactive ketones (excluding diaryl/α,β-unsaturated/α-hetero) is 2. The fraction of sp³-hybridized carbons (Fsp3) is 0.468.